The van der Waals surface area contributed by atoms with Crippen molar-refractivity contribution in [2.45, 2.75) is 122 Å². The van der Waals surface area contributed by atoms with Crippen molar-refractivity contribution in [3.8, 4) is 0 Å². The van der Waals surface area contributed by atoms with Gasteiger partial charge in [-0.3, -0.25) is 8.37 Å². The molecule has 2 aromatic carbocycles. The van der Waals surface area contributed by atoms with Gasteiger partial charge in [-0.2, -0.15) is 40.4 Å². The van der Waals surface area contributed by atoms with E-state index < -0.39 is 28.6 Å². The molecule has 0 spiro atoms. The highest BCUT2D eigenvalue weighted by Crippen LogP contribution is 2.38. The summed E-state index contributed by atoms with van der Waals surface area (Å²) in [7, 11) is -9.30. The fraction of sp³-hybridized carbons (Fsp3) is 0.692. The second-order valence-corrected chi connectivity index (χ2v) is 24.5. The van der Waals surface area contributed by atoms with E-state index in [1.165, 1.54) is 74.6 Å². The van der Waals surface area contributed by atoms with Crippen molar-refractivity contribution in [2.24, 2.45) is 0 Å². The number of rotatable bonds is 30. The van der Waals surface area contributed by atoms with Crippen LogP contribution in [-0.2, 0) is 33.0 Å². The molecule has 292 valence electrons. The molecule has 0 heterocycles. The van der Waals surface area contributed by atoms with E-state index in [0.717, 1.165) is 49.7 Å². The lowest BCUT2D eigenvalue weighted by molar-refractivity contribution is 0.160. The van der Waals surface area contributed by atoms with Crippen LogP contribution in [0.3, 0.4) is 0 Å². The summed E-state index contributed by atoms with van der Waals surface area (Å²) in [5.41, 5.74) is 0. The second kappa shape index (κ2) is 25.3. The Morgan fingerprint density at radius 1 is 0.549 bits per heavy atom. The maximum absolute atomic E-state index is 11.1. The summed E-state index contributed by atoms with van der Waals surface area (Å²) in [6, 6.07) is 22.0. The minimum atomic E-state index is -3.34. The average Bonchev–Trinajstić information content (AvgIpc) is 3.07. The van der Waals surface area contributed by atoms with Crippen LogP contribution in [0.1, 0.15) is 111 Å². The first-order valence-electron chi connectivity index (χ1n) is 18.9. The van der Waals surface area contributed by atoms with Crippen LogP contribution in [0, 0.1) is 0 Å². The van der Waals surface area contributed by atoms with Crippen LogP contribution in [0.15, 0.2) is 60.7 Å². The summed E-state index contributed by atoms with van der Waals surface area (Å²) >= 11 is 3.53. The number of thioether (sulfide) groups is 2. The molecule has 0 atom stereocenters. The van der Waals surface area contributed by atoms with Crippen LogP contribution in [0.4, 0.5) is 0 Å². The summed E-state index contributed by atoms with van der Waals surface area (Å²) < 4.78 is 61.6. The van der Waals surface area contributed by atoms with Gasteiger partial charge in [-0.25, -0.2) is 0 Å². The maximum Gasteiger partial charge on any atom is 0.264 e. The Hall–Kier alpha value is -0.863. The molecule has 0 aliphatic heterocycles. The molecule has 12 heteroatoms. The molecule has 0 bridgehead atoms. The standard InChI is InChI=1S/C39H66O7S4Si/c1-39(2,3)51(37-26-18-14-19-27-37,38-28-20-15-21-29-38)46-36(24-16-10-6-8-12-22-32-47-34-30-44-49(4,40)41)25-17-11-7-9-13-23-33-48-35-31-45-50(5,42)43/h14-15,18-21,26-29,36H,6-13,16-17,22-25,30-35H2,1-5H3. The molecule has 0 saturated heterocycles. The summed E-state index contributed by atoms with van der Waals surface area (Å²) in [6.45, 7) is 7.61. The van der Waals surface area contributed by atoms with Crippen molar-refractivity contribution < 1.29 is 29.6 Å². The maximum atomic E-state index is 11.1. The SMILES string of the molecule is CC(C)(C)[Si](OC(CCCCCCCCSCCOS(C)(=O)=O)CCCCCCCCSCCOS(C)(=O)=O)(c1ccccc1)c1ccccc1. The van der Waals surface area contributed by atoms with Crippen molar-refractivity contribution in [1.82, 2.24) is 0 Å². The Labute approximate surface area is 321 Å². The highest BCUT2D eigenvalue weighted by Gasteiger charge is 2.51. The molecule has 0 aliphatic carbocycles. The summed E-state index contributed by atoms with van der Waals surface area (Å²) in [5, 5.41) is 2.64. The molecular weight excluding hydrogens is 737 g/mol. The highest BCUT2D eigenvalue weighted by molar-refractivity contribution is 7.99. The molecule has 0 unspecified atom stereocenters. The Balaban J connectivity index is 1.91. The molecular formula is C39H66O7S4Si. The average molecular weight is 803 g/mol. The normalized spacial score (nSPS) is 12.9. The third-order valence-corrected chi connectivity index (χ3v) is 17.3. The topological polar surface area (TPSA) is 96.0 Å². The third-order valence-electron chi connectivity index (χ3n) is 8.94. The monoisotopic (exact) mass is 802 g/mol. The molecule has 2 rings (SSSR count). The Morgan fingerprint density at radius 2 is 0.902 bits per heavy atom. The van der Waals surface area contributed by atoms with Gasteiger partial charge in [0.25, 0.3) is 28.6 Å². The first-order chi connectivity index (χ1) is 24.2. The quantitative estimate of drug-likeness (QED) is 0.0437. The second-order valence-electron chi connectivity index (χ2n) is 14.5. The van der Waals surface area contributed by atoms with Gasteiger partial charge in [0.15, 0.2) is 0 Å². The number of unbranched alkanes of at least 4 members (excludes halogenated alkanes) is 10. The lowest BCUT2D eigenvalue weighted by Gasteiger charge is -2.45. The van der Waals surface area contributed by atoms with Gasteiger partial charge in [-0.15, -0.1) is 0 Å². The zero-order valence-corrected chi connectivity index (χ0v) is 36.2. The fourth-order valence-corrected chi connectivity index (χ4v) is 13.8. The van der Waals surface area contributed by atoms with E-state index in [2.05, 4.69) is 81.4 Å². The highest BCUT2D eigenvalue weighted by atomic mass is 32.2. The summed E-state index contributed by atoms with van der Waals surface area (Å²) in [5.74, 6) is 3.52. The Kier molecular flexibility index (Phi) is 22.9. The van der Waals surface area contributed by atoms with Crippen LogP contribution in [0.5, 0.6) is 0 Å². The molecule has 0 N–H and O–H groups in total. The first-order valence-corrected chi connectivity index (χ1v) is 26.7. The van der Waals surface area contributed by atoms with E-state index in [4.69, 9.17) is 12.8 Å². The van der Waals surface area contributed by atoms with Gasteiger partial charge in [0.2, 0.25) is 0 Å². The Morgan fingerprint density at radius 3 is 1.25 bits per heavy atom. The van der Waals surface area contributed by atoms with Gasteiger partial charge in [0, 0.05) is 17.6 Å². The Bertz CT molecular complexity index is 1290. The number of hydrogen-bond acceptors (Lipinski definition) is 9. The van der Waals surface area contributed by atoms with Crippen LogP contribution in [-0.4, -0.2) is 80.0 Å². The smallest absolute Gasteiger partial charge is 0.264 e. The molecule has 51 heavy (non-hydrogen) atoms. The van der Waals surface area contributed by atoms with Crippen molar-refractivity contribution in [3.63, 3.8) is 0 Å². The van der Waals surface area contributed by atoms with Crippen molar-refractivity contribution in [2.75, 3.05) is 48.7 Å². The van der Waals surface area contributed by atoms with Crippen LogP contribution in [0.2, 0.25) is 5.04 Å². The minimum Gasteiger partial charge on any atom is -0.404 e. The van der Waals surface area contributed by atoms with Crippen LogP contribution < -0.4 is 10.4 Å². The first kappa shape index (κ1) is 46.3. The molecule has 0 amide bonds. The summed E-state index contributed by atoms with van der Waals surface area (Å²) in [6.07, 6.45) is 19.0. The predicted molar refractivity (Wildman–Crippen MR) is 223 cm³/mol. The zero-order valence-electron chi connectivity index (χ0n) is 32.0. The lowest BCUT2D eigenvalue weighted by atomic mass is 10.0. The van der Waals surface area contributed by atoms with E-state index in [1.54, 1.807) is 23.5 Å². The van der Waals surface area contributed by atoms with Crippen LogP contribution in [0.25, 0.3) is 0 Å². The van der Waals surface area contributed by atoms with E-state index in [1.807, 2.05) is 0 Å². The molecule has 0 aromatic heterocycles. The van der Waals surface area contributed by atoms with E-state index in [-0.39, 0.29) is 24.4 Å². The van der Waals surface area contributed by atoms with Gasteiger partial charge < -0.3 is 4.43 Å². The molecule has 0 saturated carbocycles. The minimum absolute atomic E-state index is 0.0438. The summed E-state index contributed by atoms with van der Waals surface area (Å²) in [4.78, 5) is 0. The molecule has 2 aromatic rings. The van der Waals surface area contributed by atoms with E-state index in [0.29, 0.717) is 11.5 Å². The van der Waals surface area contributed by atoms with Gasteiger partial charge in [0.1, 0.15) is 0 Å². The zero-order chi connectivity index (χ0) is 37.5. The molecule has 0 radical (unpaired) electrons. The molecule has 0 fully saturated rings. The number of hydrogen-bond donors (Lipinski definition) is 0. The van der Waals surface area contributed by atoms with Crippen molar-refractivity contribution in [1.29, 1.82) is 0 Å². The molecule has 7 nitrogen and oxygen atoms in total. The van der Waals surface area contributed by atoms with Gasteiger partial charge in [0.05, 0.1) is 25.7 Å². The van der Waals surface area contributed by atoms with Gasteiger partial charge in [-0.05, 0) is 52.6 Å². The van der Waals surface area contributed by atoms with E-state index in [9.17, 15) is 16.8 Å². The largest absolute Gasteiger partial charge is 0.404 e. The van der Waals surface area contributed by atoms with Crippen LogP contribution >= 0.6 is 23.5 Å². The fourth-order valence-electron chi connectivity index (χ4n) is 6.46. The van der Waals surface area contributed by atoms with Crippen molar-refractivity contribution in [3.05, 3.63) is 60.7 Å². The van der Waals surface area contributed by atoms with Gasteiger partial charge in [-0.1, -0.05) is 146 Å². The van der Waals surface area contributed by atoms with Crippen molar-refractivity contribution >= 4 is 62.5 Å². The molecule has 0 aliphatic rings. The third kappa shape index (κ3) is 20.4. The van der Waals surface area contributed by atoms with E-state index >= 15 is 0 Å². The number of benzene rings is 2. The van der Waals surface area contributed by atoms with Gasteiger partial charge >= 0.3 is 0 Å². The lowest BCUT2D eigenvalue weighted by Crippen LogP contribution is -2.67. The predicted octanol–water partition coefficient (Wildman–Crippen LogP) is 8.81.